The Morgan fingerprint density at radius 3 is 2.62 bits per heavy atom. The number of nitrogens with zero attached hydrogens (tertiary/aromatic N) is 2. The number of halogens is 1. The van der Waals surface area contributed by atoms with Crippen LogP contribution in [0.15, 0.2) is 4.79 Å². The Morgan fingerprint density at radius 1 is 1.33 bits per heavy atom. The number of hydrogen-bond acceptors (Lipinski definition) is 5. The maximum Gasteiger partial charge on any atom is 0.329 e. The molecule has 2 saturated carbocycles. The van der Waals surface area contributed by atoms with Crippen molar-refractivity contribution < 1.29 is 9.53 Å². The number of anilines is 1. The van der Waals surface area contributed by atoms with E-state index in [1.807, 2.05) is 0 Å². The fourth-order valence-electron chi connectivity index (χ4n) is 4.50. The Balaban J connectivity index is 1.84. The summed E-state index contributed by atoms with van der Waals surface area (Å²) in [5, 5.41) is 3.54. The van der Waals surface area contributed by atoms with E-state index in [9.17, 15) is 9.59 Å². The van der Waals surface area contributed by atoms with Crippen molar-refractivity contribution in [3.05, 3.63) is 21.2 Å². The Bertz CT molecular complexity index is 735. The molecule has 2 fully saturated rings. The van der Waals surface area contributed by atoms with Gasteiger partial charge in [-0.05, 0) is 38.5 Å². The standard InChI is InChI=1S/C17H22ClN3O3/c1-24-16(23)11-9-17(7-2-3-8-17)12-13(18)20-14(15(22)21(11)12)19-10-5-4-6-10/h10-11H,2-9H2,1H3,(H,19,20)/t11-/m0/s1. The summed E-state index contributed by atoms with van der Waals surface area (Å²) in [6.07, 6.45) is 7.86. The van der Waals surface area contributed by atoms with Gasteiger partial charge in [-0.1, -0.05) is 24.4 Å². The van der Waals surface area contributed by atoms with Crippen LogP contribution in [-0.4, -0.2) is 28.7 Å². The minimum atomic E-state index is -0.599. The molecule has 7 heteroatoms. The van der Waals surface area contributed by atoms with E-state index in [2.05, 4.69) is 10.3 Å². The average molecular weight is 352 g/mol. The van der Waals surface area contributed by atoms with E-state index in [-0.39, 0.29) is 28.8 Å². The van der Waals surface area contributed by atoms with Gasteiger partial charge in [-0.3, -0.25) is 9.36 Å². The molecule has 24 heavy (non-hydrogen) atoms. The van der Waals surface area contributed by atoms with Gasteiger partial charge in [0.2, 0.25) is 0 Å². The zero-order valence-corrected chi connectivity index (χ0v) is 14.6. The molecule has 1 aromatic heterocycles. The first kappa shape index (κ1) is 15.9. The van der Waals surface area contributed by atoms with Crippen LogP contribution < -0.4 is 10.9 Å². The van der Waals surface area contributed by atoms with Crippen molar-refractivity contribution in [2.75, 3.05) is 12.4 Å². The highest BCUT2D eigenvalue weighted by Crippen LogP contribution is 2.53. The quantitative estimate of drug-likeness (QED) is 0.848. The third kappa shape index (κ3) is 2.26. The average Bonchev–Trinajstić information content (AvgIpc) is 3.13. The highest BCUT2D eigenvalue weighted by atomic mass is 35.5. The molecule has 0 saturated heterocycles. The molecule has 1 atom stereocenters. The molecule has 6 nitrogen and oxygen atoms in total. The van der Waals surface area contributed by atoms with E-state index in [1.54, 1.807) is 4.57 Å². The van der Waals surface area contributed by atoms with E-state index in [0.29, 0.717) is 11.6 Å². The van der Waals surface area contributed by atoms with Gasteiger partial charge in [-0.15, -0.1) is 0 Å². The molecular weight excluding hydrogens is 330 g/mol. The van der Waals surface area contributed by atoms with E-state index in [1.165, 1.54) is 7.11 Å². The van der Waals surface area contributed by atoms with Crippen LogP contribution in [-0.2, 0) is 14.9 Å². The first-order valence-electron chi connectivity index (χ1n) is 8.72. The van der Waals surface area contributed by atoms with Crippen molar-refractivity contribution in [1.29, 1.82) is 0 Å². The van der Waals surface area contributed by atoms with Gasteiger partial charge in [0.1, 0.15) is 6.04 Å². The zero-order valence-electron chi connectivity index (χ0n) is 13.8. The predicted octanol–water partition coefficient (Wildman–Crippen LogP) is 2.79. The maximum atomic E-state index is 13.0. The van der Waals surface area contributed by atoms with E-state index < -0.39 is 6.04 Å². The largest absolute Gasteiger partial charge is 0.467 e. The van der Waals surface area contributed by atoms with E-state index in [0.717, 1.165) is 50.6 Å². The summed E-state index contributed by atoms with van der Waals surface area (Å²) in [5.74, 6) is -0.114. The van der Waals surface area contributed by atoms with E-state index in [4.69, 9.17) is 16.3 Å². The molecule has 3 aliphatic rings. The number of methoxy groups -OCH3 is 1. The lowest BCUT2D eigenvalue weighted by molar-refractivity contribution is -0.144. The van der Waals surface area contributed by atoms with Crippen molar-refractivity contribution >= 4 is 23.4 Å². The fraction of sp³-hybridized carbons (Fsp3) is 0.706. The van der Waals surface area contributed by atoms with Crippen LogP contribution >= 0.6 is 11.6 Å². The lowest BCUT2D eigenvalue weighted by Gasteiger charge is -2.28. The van der Waals surface area contributed by atoms with Crippen LogP contribution in [0.5, 0.6) is 0 Å². The molecule has 0 unspecified atom stereocenters. The van der Waals surface area contributed by atoms with Crippen LogP contribution in [0, 0.1) is 0 Å². The Kier molecular flexibility index (Phi) is 3.82. The summed E-state index contributed by atoms with van der Waals surface area (Å²) in [4.78, 5) is 29.7. The summed E-state index contributed by atoms with van der Waals surface area (Å²) in [5.41, 5.74) is 0.276. The maximum absolute atomic E-state index is 13.0. The molecule has 0 aromatic carbocycles. The molecule has 1 aromatic rings. The molecule has 1 N–H and O–H groups in total. The highest BCUT2D eigenvalue weighted by molar-refractivity contribution is 6.30. The molecule has 1 aliphatic heterocycles. The fourth-order valence-corrected chi connectivity index (χ4v) is 4.88. The normalized spacial score (nSPS) is 24.7. The highest BCUT2D eigenvalue weighted by Gasteiger charge is 2.51. The van der Waals surface area contributed by atoms with Crippen molar-refractivity contribution in [3.8, 4) is 0 Å². The van der Waals surface area contributed by atoms with Gasteiger partial charge in [0.05, 0.1) is 12.8 Å². The van der Waals surface area contributed by atoms with Gasteiger partial charge in [0, 0.05) is 11.5 Å². The second kappa shape index (κ2) is 5.76. The van der Waals surface area contributed by atoms with Crippen LogP contribution in [0.25, 0.3) is 0 Å². The Labute approximate surface area is 145 Å². The number of aromatic nitrogens is 2. The minimum Gasteiger partial charge on any atom is -0.467 e. The van der Waals surface area contributed by atoms with Gasteiger partial charge < -0.3 is 10.1 Å². The van der Waals surface area contributed by atoms with E-state index >= 15 is 0 Å². The number of rotatable bonds is 3. The lowest BCUT2D eigenvalue weighted by Crippen LogP contribution is -2.36. The predicted molar refractivity (Wildman–Crippen MR) is 90.6 cm³/mol. The van der Waals surface area contributed by atoms with Crippen LogP contribution in [0.3, 0.4) is 0 Å². The SMILES string of the molecule is COC(=O)[C@@H]1CC2(CCCC2)c2c(Cl)nc(NC3CCC3)c(=O)n21. The van der Waals surface area contributed by atoms with Crippen LogP contribution in [0.2, 0.25) is 5.15 Å². The molecular formula is C17H22ClN3O3. The first-order chi connectivity index (χ1) is 11.6. The van der Waals surface area contributed by atoms with Crippen LogP contribution in [0.4, 0.5) is 5.82 Å². The van der Waals surface area contributed by atoms with Gasteiger partial charge in [-0.2, -0.15) is 0 Å². The smallest absolute Gasteiger partial charge is 0.329 e. The number of ether oxygens (including phenoxy) is 1. The topological polar surface area (TPSA) is 73.2 Å². The molecule has 0 bridgehead atoms. The monoisotopic (exact) mass is 351 g/mol. The first-order valence-corrected chi connectivity index (χ1v) is 9.10. The lowest BCUT2D eigenvalue weighted by atomic mass is 9.80. The van der Waals surface area contributed by atoms with Gasteiger partial charge in [-0.25, -0.2) is 9.78 Å². The molecule has 0 amide bonds. The Morgan fingerprint density at radius 2 is 2.04 bits per heavy atom. The molecule has 0 radical (unpaired) electrons. The van der Waals surface area contributed by atoms with Gasteiger partial charge >= 0.3 is 5.97 Å². The summed E-state index contributed by atoms with van der Waals surface area (Å²) >= 11 is 6.51. The number of esters is 1. The van der Waals surface area contributed by atoms with Gasteiger partial charge in [0.15, 0.2) is 11.0 Å². The van der Waals surface area contributed by atoms with Crippen LogP contribution in [0.1, 0.15) is 63.1 Å². The number of fused-ring (bicyclic) bond motifs is 2. The number of hydrogen-bond donors (Lipinski definition) is 1. The molecule has 2 heterocycles. The molecule has 2 aliphatic carbocycles. The van der Waals surface area contributed by atoms with Crippen molar-refractivity contribution in [1.82, 2.24) is 9.55 Å². The summed E-state index contributed by atoms with van der Waals surface area (Å²) in [6, 6.07) is -0.323. The Hall–Kier alpha value is -1.56. The number of carbonyl (C=O) groups excluding carboxylic acids is 1. The summed E-state index contributed by atoms with van der Waals surface area (Å²) in [7, 11) is 1.36. The second-order valence-corrected chi connectivity index (χ2v) is 7.64. The summed E-state index contributed by atoms with van der Waals surface area (Å²) < 4.78 is 6.52. The number of nitrogens with one attached hydrogen (secondary N) is 1. The zero-order chi connectivity index (χ0) is 16.9. The third-order valence-corrected chi connectivity index (χ3v) is 6.21. The molecule has 4 rings (SSSR count). The second-order valence-electron chi connectivity index (χ2n) is 7.28. The van der Waals surface area contributed by atoms with Crippen molar-refractivity contribution in [2.24, 2.45) is 0 Å². The third-order valence-electron chi connectivity index (χ3n) is 5.95. The van der Waals surface area contributed by atoms with Crippen molar-refractivity contribution in [3.63, 3.8) is 0 Å². The molecule has 130 valence electrons. The minimum absolute atomic E-state index is 0.211. The van der Waals surface area contributed by atoms with Crippen molar-refractivity contribution in [2.45, 2.75) is 68.9 Å². The summed E-state index contributed by atoms with van der Waals surface area (Å²) in [6.45, 7) is 0. The van der Waals surface area contributed by atoms with Gasteiger partial charge in [0.25, 0.3) is 5.56 Å². The molecule has 1 spiro atoms. The number of carbonyl (C=O) groups is 1.